The zero-order valence-electron chi connectivity index (χ0n) is 11.8. The lowest BCUT2D eigenvalue weighted by Gasteiger charge is -2.36. The Kier molecular flexibility index (Phi) is 5.06. The molecule has 0 aliphatic carbocycles. The first kappa shape index (κ1) is 15.6. The zero-order valence-corrected chi connectivity index (χ0v) is 11.8. The van der Waals surface area contributed by atoms with Gasteiger partial charge in [0.1, 0.15) is 11.4 Å². The van der Waals surface area contributed by atoms with Crippen LogP contribution in [-0.2, 0) is 15.1 Å². The first-order valence-corrected chi connectivity index (χ1v) is 6.43. The number of methoxy groups -OCH3 is 1. The fourth-order valence-electron chi connectivity index (χ4n) is 2.54. The van der Waals surface area contributed by atoms with Gasteiger partial charge < -0.3 is 9.84 Å². The number of esters is 1. The molecule has 1 aromatic carbocycles. The van der Waals surface area contributed by atoms with E-state index >= 15 is 0 Å². The summed E-state index contributed by atoms with van der Waals surface area (Å²) in [5.41, 5.74) is -1.42. The van der Waals surface area contributed by atoms with Crippen molar-refractivity contribution in [2.75, 3.05) is 7.11 Å². The maximum Gasteiger partial charge on any atom is 0.312 e. The minimum absolute atomic E-state index is 0.140. The smallest absolute Gasteiger partial charge is 0.312 e. The largest absolute Gasteiger partial charge is 0.469 e. The second-order valence-electron chi connectivity index (χ2n) is 5.00. The summed E-state index contributed by atoms with van der Waals surface area (Å²) in [6, 6.07) is 5.99. The predicted molar refractivity (Wildman–Crippen MR) is 70.9 cm³/mol. The third kappa shape index (κ3) is 2.95. The number of hydrogen-bond donors (Lipinski definition) is 1. The molecule has 0 heterocycles. The van der Waals surface area contributed by atoms with Crippen molar-refractivity contribution in [2.24, 2.45) is 11.8 Å². The molecule has 1 rings (SSSR count). The van der Waals surface area contributed by atoms with Crippen LogP contribution in [-0.4, -0.2) is 18.2 Å². The second-order valence-corrected chi connectivity index (χ2v) is 5.00. The Hall–Kier alpha value is -1.42. The standard InChI is InChI=1S/C15H21FO3/c1-5-15(18,11-8-6-7-9-12(11)16)13(10(2)3)14(17)19-4/h6-10,13,18H,5H2,1-4H3. The van der Waals surface area contributed by atoms with E-state index in [1.165, 1.54) is 19.2 Å². The van der Waals surface area contributed by atoms with Gasteiger partial charge in [0, 0.05) is 5.56 Å². The molecule has 0 bridgehead atoms. The Morgan fingerprint density at radius 1 is 1.42 bits per heavy atom. The van der Waals surface area contributed by atoms with Crippen molar-refractivity contribution in [3.05, 3.63) is 35.6 Å². The summed E-state index contributed by atoms with van der Waals surface area (Å²) in [6.45, 7) is 5.34. The summed E-state index contributed by atoms with van der Waals surface area (Å²) in [5.74, 6) is -2.01. The first-order valence-electron chi connectivity index (χ1n) is 6.43. The molecule has 19 heavy (non-hydrogen) atoms. The average molecular weight is 268 g/mol. The summed E-state index contributed by atoms with van der Waals surface area (Å²) in [6.07, 6.45) is 0.228. The molecule has 3 nitrogen and oxygen atoms in total. The lowest BCUT2D eigenvalue weighted by atomic mass is 9.73. The van der Waals surface area contributed by atoms with Gasteiger partial charge in [0.15, 0.2) is 0 Å². The van der Waals surface area contributed by atoms with Crippen LogP contribution in [0.15, 0.2) is 24.3 Å². The summed E-state index contributed by atoms with van der Waals surface area (Å²) >= 11 is 0. The van der Waals surface area contributed by atoms with E-state index in [4.69, 9.17) is 4.74 Å². The highest BCUT2D eigenvalue weighted by Crippen LogP contribution is 2.39. The number of carbonyl (C=O) groups is 1. The monoisotopic (exact) mass is 268 g/mol. The third-order valence-corrected chi connectivity index (χ3v) is 3.52. The highest BCUT2D eigenvalue weighted by molar-refractivity contribution is 5.74. The minimum Gasteiger partial charge on any atom is -0.469 e. The Bertz CT molecular complexity index is 445. The Morgan fingerprint density at radius 2 is 2.00 bits per heavy atom. The van der Waals surface area contributed by atoms with Gasteiger partial charge >= 0.3 is 5.97 Å². The van der Waals surface area contributed by atoms with Crippen molar-refractivity contribution < 1.29 is 19.0 Å². The molecule has 106 valence electrons. The van der Waals surface area contributed by atoms with Gasteiger partial charge in [-0.25, -0.2) is 4.39 Å². The third-order valence-electron chi connectivity index (χ3n) is 3.52. The Labute approximate surface area is 113 Å². The number of halogens is 1. The molecule has 0 aliphatic heterocycles. The van der Waals surface area contributed by atoms with Crippen molar-refractivity contribution in [2.45, 2.75) is 32.8 Å². The van der Waals surface area contributed by atoms with E-state index in [2.05, 4.69) is 0 Å². The second kappa shape index (κ2) is 6.15. The molecule has 0 spiro atoms. The van der Waals surface area contributed by atoms with Crippen LogP contribution >= 0.6 is 0 Å². The number of carbonyl (C=O) groups excluding carboxylic acids is 1. The van der Waals surface area contributed by atoms with Crippen LogP contribution in [0.1, 0.15) is 32.8 Å². The summed E-state index contributed by atoms with van der Waals surface area (Å²) in [4.78, 5) is 11.9. The number of rotatable bonds is 5. The van der Waals surface area contributed by atoms with Gasteiger partial charge in [-0.2, -0.15) is 0 Å². The fourth-order valence-corrected chi connectivity index (χ4v) is 2.54. The van der Waals surface area contributed by atoms with Crippen LogP contribution in [0.4, 0.5) is 4.39 Å². The SMILES string of the molecule is CCC(O)(c1ccccc1F)C(C(=O)OC)C(C)C. The van der Waals surface area contributed by atoms with Crippen molar-refractivity contribution in [3.63, 3.8) is 0 Å². The molecular weight excluding hydrogens is 247 g/mol. The molecule has 0 amide bonds. The molecule has 4 heteroatoms. The highest BCUT2D eigenvalue weighted by atomic mass is 19.1. The highest BCUT2D eigenvalue weighted by Gasteiger charge is 2.45. The van der Waals surface area contributed by atoms with E-state index in [-0.39, 0.29) is 17.9 Å². The minimum atomic E-state index is -1.56. The van der Waals surface area contributed by atoms with Crippen LogP contribution in [0, 0.1) is 17.7 Å². The number of benzene rings is 1. The molecule has 0 saturated heterocycles. The first-order chi connectivity index (χ1) is 8.88. The summed E-state index contributed by atoms with van der Waals surface area (Å²) in [5, 5.41) is 10.9. The van der Waals surface area contributed by atoms with Crippen LogP contribution in [0.2, 0.25) is 0 Å². The maximum atomic E-state index is 14.0. The summed E-state index contributed by atoms with van der Waals surface area (Å²) in [7, 11) is 1.27. The van der Waals surface area contributed by atoms with Gasteiger partial charge in [0.25, 0.3) is 0 Å². The Balaban J connectivity index is 3.36. The van der Waals surface area contributed by atoms with Crippen molar-refractivity contribution >= 4 is 5.97 Å². The number of ether oxygens (including phenoxy) is 1. The number of hydrogen-bond acceptors (Lipinski definition) is 3. The molecule has 0 radical (unpaired) electrons. The van der Waals surface area contributed by atoms with E-state index in [1.807, 2.05) is 13.8 Å². The fraction of sp³-hybridized carbons (Fsp3) is 0.533. The van der Waals surface area contributed by atoms with Gasteiger partial charge in [-0.1, -0.05) is 39.0 Å². The quantitative estimate of drug-likeness (QED) is 0.835. The zero-order chi connectivity index (χ0) is 14.6. The molecule has 0 aromatic heterocycles. The van der Waals surface area contributed by atoms with Crippen LogP contribution in [0.25, 0.3) is 0 Å². The van der Waals surface area contributed by atoms with Crippen molar-refractivity contribution in [1.82, 2.24) is 0 Å². The van der Waals surface area contributed by atoms with Gasteiger partial charge in [0.05, 0.1) is 13.0 Å². The molecule has 1 N–H and O–H groups in total. The van der Waals surface area contributed by atoms with Crippen molar-refractivity contribution in [1.29, 1.82) is 0 Å². The van der Waals surface area contributed by atoms with E-state index in [0.29, 0.717) is 0 Å². The van der Waals surface area contributed by atoms with E-state index < -0.39 is 23.3 Å². The molecule has 2 atom stereocenters. The van der Waals surface area contributed by atoms with Crippen LogP contribution < -0.4 is 0 Å². The lowest BCUT2D eigenvalue weighted by Crippen LogP contribution is -2.43. The molecule has 0 saturated carbocycles. The van der Waals surface area contributed by atoms with Gasteiger partial charge in [-0.05, 0) is 18.4 Å². The molecular formula is C15H21FO3. The average Bonchev–Trinajstić information content (AvgIpc) is 2.38. The van der Waals surface area contributed by atoms with E-state index in [9.17, 15) is 14.3 Å². The predicted octanol–water partition coefficient (Wildman–Crippen LogP) is 2.87. The maximum absolute atomic E-state index is 14.0. The Morgan fingerprint density at radius 3 is 2.42 bits per heavy atom. The van der Waals surface area contributed by atoms with Gasteiger partial charge in [-0.3, -0.25) is 4.79 Å². The topological polar surface area (TPSA) is 46.5 Å². The van der Waals surface area contributed by atoms with Gasteiger partial charge in [0.2, 0.25) is 0 Å². The van der Waals surface area contributed by atoms with Crippen molar-refractivity contribution in [3.8, 4) is 0 Å². The van der Waals surface area contributed by atoms with Crippen LogP contribution in [0.3, 0.4) is 0 Å². The lowest BCUT2D eigenvalue weighted by molar-refractivity contribution is -0.161. The number of aliphatic hydroxyl groups is 1. The van der Waals surface area contributed by atoms with E-state index in [0.717, 1.165) is 0 Å². The molecule has 1 aromatic rings. The van der Waals surface area contributed by atoms with Crippen LogP contribution in [0.5, 0.6) is 0 Å². The molecule has 0 aliphatic rings. The normalized spacial score (nSPS) is 15.9. The van der Waals surface area contributed by atoms with E-state index in [1.54, 1.807) is 19.1 Å². The molecule has 2 unspecified atom stereocenters. The van der Waals surface area contributed by atoms with Gasteiger partial charge in [-0.15, -0.1) is 0 Å². The molecule has 0 fully saturated rings. The summed E-state index contributed by atoms with van der Waals surface area (Å²) < 4.78 is 18.7.